The SMILES string of the molecule is C1=Nc2ccccc2N=C(c2ccc(Sc3ccccc3)cc2)C1. The summed E-state index contributed by atoms with van der Waals surface area (Å²) in [5, 5.41) is 0. The van der Waals surface area contributed by atoms with Gasteiger partial charge in [-0.15, -0.1) is 0 Å². The molecular formula is C21H16N2S. The van der Waals surface area contributed by atoms with Gasteiger partial charge in [-0.25, -0.2) is 0 Å². The molecule has 24 heavy (non-hydrogen) atoms. The summed E-state index contributed by atoms with van der Waals surface area (Å²) < 4.78 is 0. The molecule has 0 bridgehead atoms. The molecular weight excluding hydrogens is 312 g/mol. The standard InChI is InChI=1S/C21H16N2S/c1-2-6-17(7-3-1)24-18-12-10-16(11-13-18)19-14-15-22-20-8-4-5-9-21(20)23-19/h1-13,15H,14H2. The summed E-state index contributed by atoms with van der Waals surface area (Å²) in [7, 11) is 0. The van der Waals surface area contributed by atoms with Crippen LogP contribution < -0.4 is 0 Å². The zero-order valence-corrected chi connectivity index (χ0v) is 13.9. The zero-order chi connectivity index (χ0) is 16.2. The van der Waals surface area contributed by atoms with Crippen LogP contribution in [0.1, 0.15) is 12.0 Å². The lowest BCUT2D eigenvalue weighted by atomic mass is 10.1. The quantitative estimate of drug-likeness (QED) is 0.573. The highest BCUT2D eigenvalue weighted by molar-refractivity contribution is 7.99. The van der Waals surface area contributed by atoms with Crippen molar-refractivity contribution in [1.82, 2.24) is 0 Å². The van der Waals surface area contributed by atoms with Crippen LogP contribution in [-0.2, 0) is 0 Å². The fourth-order valence-corrected chi connectivity index (χ4v) is 3.45. The Morgan fingerprint density at radius 1 is 0.667 bits per heavy atom. The predicted octanol–water partition coefficient (Wildman–Crippen LogP) is 6.06. The van der Waals surface area contributed by atoms with Crippen molar-refractivity contribution in [2.45, 2.75) is 16.2 Å². The van der Waals surface area contributed by atoms with E-state index in [1.54, 1.807) is 11.8 Å². The van der Waals surface area contributed by atoms with Gasteiger partial charge in [-0.2, -0.15) is 0 Å². The van der Waals surface area contributed by atoms with E-state index >= 15 is 0 Å². The second-order valence-electron chi connectivity index (χ2n) is 5.50. The molecule has 4 rings (SSSR count). The first-order valence-corrected chi connectivity index (χ1v) is 8.72. The molecule has 0 aliphatic carbocycles. The fraction of sp³-hybridized carbons (Fsp3) is 0.0476. The molecule has 2 nitrogen and oxygen atoms in total. The van der Waals surface area contributed by atoms with Gasteiger partial charge < -0.3 is 0 Å². The monoisotopic (exact) mass is 328 g/mol. The van der Waals surface area contributed by atoms with Gasteiger partial charge in [0.15, 0.2) is 0 Å². The number of hydrogen-bond acceptors (Lipinski definition) is 3. The molecule has 0 N–H and O–H groups in total. The van der Waals surface area contributed by atoms with Gasteiger partial charge >= 0.3 is 0 Å². The Bertz CT molecular complexity index is 897. The Kier molecular flexibility index (Phi) is 4.26. The van der Waals surface area contributed by atoms with E-state index in [2.05, 4.69) is 53.5 Å². The Labute approximate surface area is 146 Å². The van der Waals surface area contributed by atoms with Crippen LogP contribution in [0.4, 0.5) is 11.4 Å². The third kappa shape index (κ3) is 3.31. The van der Waals surface area contributed by atoms with Crippen LogP contribution in [0.3, 0.4) is 0 Å². The maximum absolute atomic E-state index is 4.81. The molecule has 1 aliphatic rings. The van der Waals surface area contributed by atoms with Gasteiger partial charge in [0.25, 0.3) is 0 Å². The van der Waals surface area contributed by atoms with Crippen LogP contribution in [0.5, 0.6) is 0 Å². The molecule has 0 saturated carbocycles. The average molecular weight is 328 g/mol. The third-order valence-electron chi connectivity index (χ3n) is 3.82. The number of nitrogens with zero attached hydrogens (tertiary/aromatic N) is 2. The molecule has 0 fully saturated rings. The van der Waals surface area contributed by atoms with Crippen molar-refractivity contribution in [3.05, 3.63) is 84.4 Å². The molecule has 0 saturated heterocycles. The summed E-state index contributed by atoms with van der Waals surface area (Å²) in [6, 6.07) is 27.0. The van der Waals surface area contributed by atoms with Gasteiger partial charge in [0, 0.05) is 22.4 Å². The van der Waals surface area contributed by atoms with Gasteiger partial charge in [0.1, 0.15) is 0 Å². The van der Waals surface area contributed by atoms with Gasteiger partial charge in [-0.3, -0.25) is 9.98 Å². The van der Waals surface area contributed by atoms with Crippen molar-refractivity contribution in [2.75, 3.05) is 0 Å². The predicted molar refractivity (Wildman–Crippen MR) is 102 cm³/mol. The summed E-state index contributed by atoms with van der Waals surface area (Å²) in [6.07, 6.45) is 2.69. The molecule has 116 valence electrons. The normalized spacial score (nSPS) is 13.1. The Balaban J connectivity index is 1.59. The molecule has 3 heteroatoms. The minimum atomic E-state index is 0.750. The smallest absolute Gasteiger partial charge is 0.0889 e. The van der Waals surface area contributed by atoms with Crippen LogP contribution in [-0.4, -0.2) is 11.9 Å². The molecule has 0 amide bonds. The number of hydrogen-bond donors (Lipinski definition) is 0. The number of fused-ring (bicyclic) bond motifs is 1. The Hall–Kier alpha value is -2.65. The van der Waals surface area contributed by atoms with Crippen molar-refractivity contribution in [3.8, 4) is 0 Å². The van der Waals surface area contributed by atoms with Crippen LogP contribution in [0.25, 0.3) is 0 Å². The lowest BCUT2D eigenvalue weighted by Crippen LogP contribution is -2.00. The lowest BCUT2D eigenvalue weighted by Gasteiger charge is -2.06. The van der Waals surface area contributed by atoms with Crippen molar-refractivity contribution in [3.63, 3.8) is 0 Å². The summed E-state index contributed by atoms with van der Waals surface area (Å²) in [5.41, 5.74) is 4.07. The first-order valence-electron chi connectivity index (χ1n) is 7.91. The van der Waals surface area contributed by atoms with Crippen LogP contribution in [0.15, 0.2) is 98.6 Å². The van der Waals surface area contributed by atoms with E-state index in [0.29, 0.717) is 0 Å². The van der Waals surface area contributed by atoms with Crippen molar-refractivity contribution >= 4 is 35.1 Å². The second-order valence-corrected chi connectivity index (χ2v) is 6.65. The number of para-hydroxylation sites is 2. The largest absolute Gasteiger partial charge is 0.259 e. The molecule has 0 radical (unpaired) electrons. The minimum Gasteiger partial charge on any atom is -0.259 e. The Morgan fingerprint density at radius 2 is 1.33 bits per heavy atom. The highest BCUT2D eigenvalue weighted by Gasteiger charge is 2.09. The molecule has 1 aliphatic heterocycles. The van der Waals surface area contributed by atoms with E-state index in [-0.39, 0.29) is 0 Å². The van der Waals surface area contributed by atoms with E-state index in [0.717, 1.165) is 29.1 Å². The van der Waals surface area contributed by atoms with E-state index < -0.39 is 0 Å². The van der Waals surface area contributed by atoms with Crippen molar-refractivity contribution in [2.24, 2.45) is 9.98 Å². The minimum absolute atomic E-state index is 0.750. The van der Waals surface area contributed by atoms with Gasteiger partial charge in [0.05, 0.1) is 17.1 Å². The van der Waals surface area contributed by atoms with E-state index in [4.69, 9.17) is 4.99 Å². The highest BCUT2D eigenvalue weighted by atomic mass is 32.2. The first-order chi connectivity index (χ1) is 11.9. The van der Waals surface area contributed by atoms with Gasteiger partial charge in [-0.1, -0.05) is 54.2 Å². The van der Waals surface area contributed by atoms with Crippen molar-refractivity contribution < 1.29 is 0 Å². The van der Waals surface area contributed by atoms with E-state index in [1.807, 2.05) is 36.5 Å². The summed E-state index contributed by atoms with van der Waals surface area (Å²) in [4.78, 5) is 11.8. The average Bonchev–Trinajstić information content (AvgIpc) is 2.86. The molecule has 0 atom stereocenters. The topological polar surface area (TPSA) is 24.7 Å². The maximum Gasteiger partial charge on any atom is 0.0889 e. The molecule has 3 aromatic rings. The number of benzene rings is 3. The highest BCUT2D eigenvalue weighted by Crippen LogP contribution is 2.31. The summed E-state index contributed by atoms with van der Waals surface area (Å²) in [6.45, 7) is 0. The fourth-order valence-electron chi connectivity index (χ4n) is 2.61. The molecule has 3 aromatic carbocycles. The van der Waals surface area contributed by atoms with Crippen LogP contribution in [0.2, 0.25) is 0 Å². The summed E-state index contributed by atoms with van der Waals surface area (Å²) in [5.74, 6) is 0. The van der Waals surface area contributed by atoms with Crippen LogP contribution >= 0.6 is 11.8 Å². The molecule has 0 unspecified atom stereocenters. The Morgan fingerprint density at radius 3 is 2.12 bits per heavy atom. The zero-order valence-electron chi connectivity index (χ0n) is 13.1. The van der Waals surface area contributed by atoms with E-state index in [9.17, 15) is 0 Å². The molecule has 0 aromatic heterocycles. The van der Waals surface area contributed by atoms with Gasteiger partial charge in [0.2, 0.25) is 0 Å². The van der Waals surface area contributed by atoms with Crippen molar-refractivity contribution in [1.29, 1.82) is 0 Å². The van der Waals surface area contributed by atoms with Gasteiger partial charge in [-0.05, 0) is 42.0 Å². The number of aliphatic imine (C=N–C) groups is 2. The summed E-state index contributed by atoms with van der Waals surface area (Å²) >= 11 is 1.77. The lowest BCUT2D eigenvalue weighted by molar-refractivity contribution is 1.38. The van der Waals surface area contributed by atoms with E-state index in [1.165, 1.54) is 9.79 Å². The molecule has 0 spiro atoms. The third-order valence-corrected chi connectivity index (χ3v) is 4.83. The maximum atomic E-state index is 4.81. The second kappa shape index (κ2) is 6.85. The number of rotatable bonds is 3. The molecule has 1 heterocycles. The first kappa shape index (κ1) is 14.9. The van der Waals surface area contributed by atoms with Crippen LogP contribution in [0, 0.1) is 0 Å².